The van der Waals surface area contributed by atoms with Gasteiger partial charge in [0.1, 0.15) is 17.6 Å². The predicted octanol–water partition coefficient (Wildman–Crippen LogP) is 4.87. The average Bonchev–Trinajstić information content (AvgIpc) is 2.88. The van der Waals surface area contributed by atoms with Crippen LogP contribution in [0.1, 0.15) is 44.4 Å². The van der Waals surface area contributed by atoms with Crippen LogP contribution in [-0.2, 0) is 11.2 Å². The van der Waals surface area contributed by atoms with Gasteiger partial charge in [0, 0.05) is 11.0 Å². The van der Waals surface area contributed by atoms with E-state index in [4.69, 9.17) is 19.9 Å². The molecule has 0 saturated heterocycles. The summed E-state index contributed by atoms with van der Waals surface area (Å²) in [4.78, 5) is 11.4. The van der Waals surface area contributed by atoms with Crippen molar-refractivity contribution in [3.63, 3.8) is 0 Å². The summed E-state index contributed by atoms with van der Waals surface area (Å²) < 4.78 is 16.7. The predicted molar refractivity (Wildman–Crippen MR) is 105 cm³/mol. The van der Waals surface area contributed by atoms with Gasteiger partial charge in [-0.05, 0) is 53.8 Å². The Morgan fingerprint density at radius 1 is 1.22 bits per heavy atom. The van der Waals surface area contributed by atoms with Gasteiger partial charge >= 0.3 is 6.09 Å². The quantitative estimate of drug-likeness (QED) is 0.788. The summed E-state index contributed by atoms with van der Waals surface area (Å²) in [6, 6.07) is 12.1. The van der Waals surface area contributed by atoms with E-state index in [0.717, 1.165) is 46.6 Å². The summed E-state index contributed by atoms with van der Waals surface area (Å²) in [7, 11) is 1.65. The highest BCUT2D eigenvalue weighted by molar-refractivity contribution is 5.74. The second kappa shape index (κ2) is 7.51. The van der Waals surface area contributed by atoms with E-state index in [1.165, 1.54) is 0 Å². The van der Waals surface area contributed by atoms with Crippen molar-refractivity contribution >= 4 is 6.09 Å². The third-order valence-electron chi connectivity index (χ3n) is 4.97. The number of rotatable bonds is 6. The standard InChI is InChI=1S/C22H27NO4/c1-5-10-26-16-8-6-14(7-9-16)17-11-15-13-22(2,3)20(27-21(23)24)18(15)12-19(17)25-4/h6-9,11-12,20H,5,10,13H2,1-4H3,(H2,23,24). The highest BCUT2D eigenvalue weighted by atomic mass is 16.6. The Kier molecular flexibility index (Phi) is 5.31. The van der Waals surface area contributed by atoms with Crippen LogP contribution in [-0.4, -0.2) is 19.8 Å². The Labute approximate surface area is 160 Å². The van der Waals surface area contributed by atoms with Crippen LogP contribution in [0.5, 0.6) is 11.5 Å². The van der Waals surface area contributed by atoms with E-state index in [1.54, 1.807) is 7.11 Å². The Balaban J connectivity index is 1.98. The van der Waals surface area contributed by atoms with Gasteiger partial charge in [-0.2, -0.15) is 0 Å². The molecule has 0 heterocycles. The van der Waals surface area contributed by atoms with Gasteiger partial charge < -0.3 is 19.9 Å². The van der Waals surface area contributed by atoms with Crippen molar-refractivity contribution in [3.05, 3.63) is 47.5 Å². The number of carbonyl (C=O) groups excluding carboxylic acids is 1. The van der Waals surface area contributed by atoms with Gasteiger partial charge in [0.25, 0.3) is 0 Å². The largest absolute Gasteiger partial charge is 0.496 e. The number of carbonyl (C=O) groups is 1. The minimum atomic E-state index is -0.758. The zero-order chi connectivity index (χ0) is 19.6. The topological polar surface area (TPSA) is 70.8 Å². The molecule has 2 aromatic carbocycles. The van der Waals surface area contributed by atoms with Gasteiger partial charge in [-0.1, -0.05) is 32.9 Å². The lowest BCUT2D eigenvalue weighted by Crippen LogP contribution is -2.25. The van der Waals surface area contributed by atoms with Crippen LogP contribution in [0.15, 0.2) is 36.4 Å². The van der Waals surface area contributed by atoms with E-state index in [2.05, 4.69) is 26.8 Å². The first kappa shape index (κ1) is 19.1. The molecule has 0 aromatic heterocycles. The van der Waals surface area contributed by atoms with Crippen LogP contribution in [0.3, 0.4) is 0 Å². The maximum Gasteiger partial charge on any atom is 0.405 e. The second-order valence-electron chi connectivity index (χ2n) is 7.61. The number of amides is 1. The lowest BCUT2D eigenvalue weighted by atomic mass is 9.87. The number of primary amides is 1. The van der Waals surface area contributed by atoms with E-state index >= 15 is 0 Å². The molecule has 3 rings (SSSR count). The first-order chi connectivity index (χ1) is 12.9. The molecule has 2 aromatic rings. The molecule has 5 nitrogen and oxygen atoms in total. The Hall–Kier alpha value is -2.69. The minimum absolute atomic E-state index is 0.223. The molecule has 144 valence electrons. The summed E-state index contributed by atoms with van der Waals surface area (Å²) in [5.74, 6) is 1.60. The van der Waals surface area contributed by atoms with Gasteiger partial charge in [0.2, 0.25) is 0 Å². The summed E-state index contributed by atoms with van der Waals surface area (Å²) in [6.07, 6.45) is 0.643. The summed E-state index contributed by atoms with van der Waals surface area (Å²) >= 11 is 0. The Morgan fingerprint density at radius 2 is 1.93 bits per heavy atom. The number of hydrogen-bond donors (Lipinski definition) is 1. The van der Waals surface area contributed by atoms with Crippen LogP contribution < -0.4 is 15.2 Å². The molecule has 0 spiro atoms. The number of ether oxygens (including phenoxy) is 3. The van der Waals surface area contributed by atoms with E-state index < -0.39 is 6.09 Å². The molecule has 0 bridgehead atoms. The molecule has 1 unspecified atom stereocenters. The van der Waals surface area contributed by atoms with Crippen molar-refractivity contribution in [2.24, 2.45) is 11.1 Å². The Morgan fingerprint density at radius 3 is 2.52 bits per heavy atom. The molecular formula is C22H27NO4. The smallest absolute Gasteiger partial charge is 0.405 e. The van der Waals surface area contributed by atoms with E-state index in [-0.39, 0.29) is 11.5 Å². The lowest BCUT2D eigenvalue weighted by Gasteiger charge is -2.26. The van der Waals surface area contributed by atoms with Crippen molar-refractivity contribution in [1.82, 2.24) is 0 Å². The molecule has 5 heteroatoms. The van der Waals surface area contributed by atoms with E-state index in [1.807, 2.05) is 30.3 Å². The molecule has 1 aliphatic rings. The van der Waals surface area contributed by atoms with Gasteiger partial charge in [-0.25, -0.2) is 4.79 Å². The molecule has 0 saturated carbocycles. The summed E-state index contributed by atoms with van der Waals surface area (Å²) in [5, 5.41) is 0. The average molecular weight is 369 g/mol. The molecule has 0 aliphatic heterocycles. The van der Waals surface area contributed by atoms with Crippen LogP contribution in [0.2, 0.25) is 0 Å². The minimum Gasteiger partial charge on any atom is -0.496 e. The number of fused-ring (bicyclic) bond motifs is 1. The third kappa shape index (κ3) is 3.87. The zero-order valence-electron chi connectivity index (χ0n) is 16.4. The number of nitrogens with two attached hydrogens (primary N) is 1. The first-order valence-corrected chi connectivity index (χ1v) is 9.26. The van der Waals surface area contributed by atoms with Crippen LogP contribution in [0.4, 0.5) is 4.79 Å². The Bertz CT molecular complexity index is 827. The molecule has 1 atom stereocenters. The van der Waals surface area contributed by atoms with Crippen molar-refractivity contribution in [3.8, 4) is 22.6 Å². The second-order valence-corrected chi connectivity index (χ2v) is 7.61. The molecule has 2 N–H and O–H groups in total. The molecular weight excluding hydrogens is 342 g/mol. The fraction of sp³-hybridized carbons (Fsp3) is 0.409. The van der Waals surface area contributed by atoms with Crippen molar-refractivity contribution in [2.45, 2.75) is 39.7 Å². The molecule has 0 radical (unpaired) electrons. The van der Waals surface area contributed by atoms with Crippen molar-refractivity contribution in [1.29, 1.82) is 0 Å². The molecule has 27 heavy (non-hydrogen) atoms. The fourth-order valence-corrected chi connectivity index (χ4v) is 3.73. The number of hydrogen-bond acceptors (Lipinski definition) is 4. The SMILES string of the molecule is CCCOc1ccc(-c2cc3c(cc2OC)C(OC(N)=O)C(C)(C)C3)cc1. The number of benzene rings is 2. The van der Waals surface area contributed by atoms with Crippen molar-refractivity contribution < 1.29 is 19.0 Å². The first-order valence-electron chi connectivity index (χ1n) is 9.26. The molecule has 0 fully saturated rings. The van der Waals surface area contributed by atoms with Gasteiger partial charge in [-0.3, -0.25) is 0 Å². The van der Waals surface area contributed by atoms with Crippen LogP contribution in [0.25, 0.3) is 11.1 Å². The number of methoxy groups -OCH3 is 1. The molecule has 1 amide bonds. The normalized spacial score (nSPS) is 17.3. The zero-order valence-corrected chi connectivity index (χ0v) is 16.4. The van der Waals surface area contributed by atoms with Crippen molar-refractivity contribution in [2.75, 3.05) is 13.7 Å². The summed E-state index contributed by atoms with van der Waals surface area (Å²) in [6.45, 7) is 6.94. The van der Waals surface area contributed by atoms with Crippen LogP contribution >= 0.6 is 0 Å². The van der Waals surface area contributed by atoms with Gasteiger partial charge in [0.05, 0.1) is 13.7 Å². The maximum atomic E-state index is 11.4. The van der Waals surface area contributed by atoms with Crippen LogP contribution in [0, 0.1) is 5.41 Å². The highest BCUT2D eigenvalue weighted by Gasteiger charge is 2.42. The highest BCUT2D eigenvalue weighted by Crippen LogP contribution is 2.50. The molecule has 1 aliphatic carbocycles. The van der Waals surface area contributed by atoms with Gasteiger partial charge in [0.15, 0.2) is 0 Å². The third-order valence-corrected chi connectivity index (χ3v) is 4.97. The monoisotopic (exact) mass is 369 g/mol. The summed E-state index contributed by atoms with van der Waals surface area (Å²) in [5.41, 5.74) is 9.23. The van der Waals surface area contributed by atoms with E-state index in [9.17, 15) is 4.79 Å². The fourth-order valence-electron chi connectivity index (χ4n) is 3.73. The lowest BCUT2D eigenvalue weighted by molar-refractivity contribution is 0.0391. The van der Waals surface area contributed by atoms with E-state index in [0.29, 0.717) is 6.61 Å². The maximum absolute atomic E-state index is 11.4. The van der Waals surface area contributed by atoms with Gasteiger partial charge in [-0.15, -0.1) is 0 Å².